The van der Waals surface area contributed by atoms with Crippen molar-refractivity contribution in [1.82, 2.24) is 5.32 Å². The Labute approximate surface area is 174 Å². The van der Waals surface area contributed by atoms with Crippen molar-refractivity contribution in [2.24, 2.45) is 0 Å². The number of carbonyl (C=O) groups is 1. The Balaban J connectivity index is 2.27. The molecule has 1 N–H and O–H groups in total. The van der Waals surface area contributed by atoms with Crippen molar-refractivity contribution in [3.8, 4) is 0 Å². The van der Waals surface area contributed by atoms with Crippen molar-refractivity contribution < 1.29 is 13.2 Å². The van der Waals surface area contributed by atoms with E-state index >= 15 is 0 Å². The van der Waals surface area contributed by atoms with Crippen LogP contribution in [0.15, 0.2) is 42.5 Å². The van der Waals surface area contributed by atoms with Crippen molar-refractivity contribution in [1.29, 1.82) is 0 Å². The van der Waals surface area contributed by atoms with Gasteiger partial charge in [-0.1, -0.05) is 72.1 Å². The summed E-state index contributed by atoms with van der Waals surface area (Å²) in [7, 11) is -3.79. The molecule has 0 radical (unpaired) electrons. The van der Waals surface area contributed by atoms with Gasteiger partial charge in [0.25, 0.3) is 0 Å². The van der Waals surface area contributed by atoms with Crippen LogP contribution in [-0.2, 0) is 14.8 Å². The Hall–Kier alpha value is -1.47. The van der Waals surface area contributed by atoms with Crippen molar-refractivity contribution >= 4 is 56.4 Å². The van der Waals surface area contributed by atoms with E-state index in [4.69, 9.17) is 34.8 Å². The third kappa shape index (κ3) is 5.75. The van der Waals surface area contributed by atoms with E-state index in [-0.39, 0.29) is 26.8 Å². The second kappa shape index (κ2) is 9.15. The molecule has 9 heteroatoms. The van der Waals surface area contributed by atoms with Crippen molar-refractivity contribution in [3.63, 3.8) is 0 Å². The Morgan fingerprint density at radius 2 is 1.67 bits per heavy atom. The topological polar surface area (TPSA) is 66.5 Å². The fraction of sp³-hybridized carbons (Fsp3) is 0.278. The summed E-state index contributed by atoms with van der Waals surface area (Å²) >= 11 is 18.0. The first-order valence-corrected chi connectivity index (χ1v) is 11.1. The number of nitrogens with one attached hydrogen (secondary N) is 1. The molecule has 0 saturated carbocycles. The van der Waals surface area contributed by atoms with Gasteiger partial charge in [-0.05, 0) is 24.1 Å². The highest BCUT2D eigenvalue weighted by molar-refractivity contribution is 7.92. The van der Waals surface area contributed by atoms with Gasteiger partial charge in [0.2, 0.25) is 15.9 Å². The monoisotopic (exact) mass is 448 g/mol. The molecule has 0 aromatic heterocycles. The summed E-state index contributed by atoms with van der Waals surface area (Å²) in [6.07, 6.45) is 1.65. The summed E-state index contributed by atoms with van der Waals surface area (Å²) in [5.74, 6) is -0.460. The molecule has 0 fully saturated rings. The molecule has 0 aliphatic rings. The molecule has 1 amide bonds. The zero-order valence-corrected chi connectivity index (χ0v) is 17.8. The van der Waals surface area contributed by atoms with Gasteiger partial charge in [0, 0.05) is 0 Å². The van der Waals surface area contributed by atoms with Gasteiger partial charge < -0.3 is 5.32 Å². The second-order valence-electron chi connectivity index (χ2n) is 5.93. The van der Waals surface area contributed by atoms with Gasteiger partial charge in [0.1, 0.15) is 6.54 Å². The second-order valence-corrected chi connectivity index (χ2v) is 9.05. The highest BCUT2D eigenvalue weighted by atomic mass is 35.5. The van der Waals surface area contributed by atoms with Crippen LogP contribution in [0.3, 0.4) is 0 Å². The maximum atomic E-state index is 12.6. The Morgan fingerprint density at radius 1 is 1.07 bits per heavy atom. The highest BCUT2D eigenvalue weighted by Crippen LogP contribution is 2.35. The van der Waals surface area contributed by atoms with Gasteiger partial charge >= 0.3 is 0 Å². The number of nitrogens with zero attached hydrogens (tertiary/aromatic N) is 1. The van der Waals surface area contributed by atoms with Crippen LogP contribution >= 0.6 is 34.8 Å². The van der Waals surface area contributed by atoms with Gasteiger partial charge in [-0.15, -0.1) is 0 Å². The number of halogens is 3. The molecule has 2 rings (SSSR count). The standard InChI is InChI=1S/C18H19Cl3N2O3S/c1-3-16(12-7-5-4-6-8-12)22-18(24)11-23(27(2,25)26)17-10-14(20)13(19)9-15(17)21/h4-10,16H,3,11H2,1-2H3,(H,22,24)/t16-/m1/s1. The van der Waals surface area contributed by atoms with Crippen LogP contribution in [0.5, 0.6) is 0 Å². The molecule has 0 aliphatic heterocycles. The van der Waals surface area contributed by atoms with E-state index in [2.05, 4.69) is 5.32 Å². The number of carbonyl (C=O) groups excluding carboxylic acids is 1. The molecular formula is C18H19Cl3N2O3S. The van der Waals surface area contributed by atoms with Crippen LogP contribution in [-0.4, -0.2) is 27.1 Å². The largest absolute Gasteiger partial charge is 0.348 e. The fourth-order valence-electron chi connectivity index (χ4n) is 2.56. The maximum Gasteiger partial charge on any atom is 0.241 e. The number of sulfonamides is 1. The normalized spacial score (nSPS) is 12.5. The van der Waals surface area contributed by atoms with Crippen molar-refractivity contribution in [2.75, 3.05) is 17.1 Å². The molecule has 0 unspecified atom stereocenters. The predicted molar refractivity (Wildman–Crippen MR) is 111 cm³/mol. The molecule has 0 heterocycles. The molecular weight excluding hydrogens is 431 g/mol. The van der Waals surface area contributed by atoms with E-state index in [1.807, 2.05) is 37.3 Å². The molecule has 0 spiro atoms. The Kier molecular flexibility index (Phi) is 7.40. The molecule has 5 nitrogen and oxygen atoms in total. The van der Waals surface area contributed by atoms with E-state index in [0.29, 0.717) is 6.42 Å². The van der Waals surface area contributed by atoms with E-state index in [9.17, 15) is 13.2 Å². The first-order chi connectivity index (χ1) is 12.6. The highest BCUT2D eigenvalue weighted by Gasteiger charge is 2.25. The first-order valence-electron chi connectivity index (χ1n) is 8.10. The lowest BCUT2D eigenvalue weighted by atomic mass is 10.0. The van der Waals surface area contributed by atoms with Crippen LogP contribution in [0.25, 0.3) is 0 Å². The Bertz CT molecular complexity index is 921. The first kappa shape index (κ1) is 21.8. The summed E-state index contributed by atoms with van der Waals surface area (Å²) in [5.41, 5.74) is 1.03. The van der Waals surface area contributed by atoms with Crippen molar-refractivity contribution in [3.05, 3.63) is 63.1 Å². The molecule has 27 heavy (non-hydrogen) atoms. The zero-order chi connectivity index (χ0) is 20.2. The van der Waals surface area contributed by atoms with Gasteiger partial charge in [0.05, 0.1) is 33.1 Å². The number of rotatable bonds is 7. The number of amides is 1. The number of hydrogen-bond acceptors (Lipinski definition) is 3. The molecule has 0 bridgehead atoms. The average molecular weight is 450 g/mol. The minimum absolute atomic E-state index is 0.0812. The third-order valence-corrected chi connectivity index (χ3v) is 6.04. The minimum Gasteiger partial charge on any atom is -0.348 e. The smallest absolute Gasteiger partial charge is 0.241 e. The van der Waals surface area contributed by atoms with Gasteiger partial charge in [-0.2, -0.15) is 0 Å². The quantitative estimate of drug-likeness (QED) is 0.624. The summed E-state index contributed by atoms with van der Waals surface area (Å²) < 4.78 is 25.4. The van der Waals surface area contributed by atoms with E-state index in [1.54, 1.807) is 0 Å². The van der Waals surface area contributed by atoms with Crippen LogP contribution in [0.2, 0.25) is 15.1 Å². The molecule has 2 aromatic carbocycles. The lowest BCUT2D eigenvalue weighted by Gasteiger charge is -2.25. The summed E-state index contributed by atoms with van der Waals surface area (Å²) in [4.78, 5) is 12.6. The summed E-state index contributed by atoms with van der Waals surface area (Å²) in [6.45, 7) is 1.50. The number of benzene rings is 2. The lowest BCUT2D eigenvalue weighted by molar-refractivity contribution is -0.120. The number of anilines is 1. The minimum atomic E-state index is -3.79. The summed E-state index contributed by atoms with van der Waals surface area (Å²) in [6, 6.07) is 11.9. The van der Waals surface area contributed by atoms with Crippen LogP contribution < -0.4 is 9.62 Å². The molecule has 0 aliphatic carbocycles. The van der Waals surface area contributed by atoms with Gasteiger partial charge in [0.15, 0.2) is 0 Å². The lowest BCUT2D eigenvalue weighted by Crippen LogP contribution is -2.41. The van der Waals surface area contributed by atoms with E-state index in [1.165, 1.54) is 12.1 Å². The predicted octanol–water partition coefficient (Wildman–Crippen LogP) is 4.68. The van der Waals surface area contributed by atoms with Crippen LogP contribution in [0.4, 0.5) is 5.69 Å². The van der Waals surface area contributed by atoms with E-state index in [0.717, 1.165) is 16.1 Å². The molecule has 0 saturated heterocycles. The third-order valence-electron chi connectivity index (χ3n) is 3.89. The SMILES string of the molecule is CC[C@@H](NC(=O)CN(c1cc(Cl)c(Cl)cc1Cl)S(C)(=O)=O)c1ccccc1. The average Bonchev–Trinajstić information content (AvgIpc) is 2.61. The fourth-order valence-corrected chi connectivity index (χ4v) is 4.11. The van der Waals surface area contributed by atoms with Crippen LogP contribution in [0, 0.1) is 0 Å². The zero-order valence-electron chi connectivity index (χ0n) is 14.7. The number of hydrogen-bond donors (Lipinski definition) is 1. The summed E-state index contributed by atoms with van der Waals surface area (Å²) in [5, 5.41) is 3.27. The molecule has 2 aromatic rings. The Morgan fingerprint density at radius 3 is 2.22 bits per heavy atom. The van der Waals surface area contributed by atoms with Gasteiger partial charge in [-0.25, -0.2) is 8.42 Å². The molecule has 146 valence electrons. The maximum absolute atomic E-state index is 12.6. The molecule has 1 atom stereocenters. The van der Waals surface area contributed by atoms with Gasteiger partial charge in [-0.3, -0.25) is 9.10 Å². The van der Waals surface area contributed by atoms with E-state index < -0.39 is 22.5 Å². The van der Waals surface area contributed by atoms with Crippen LogP contribution in [0.1, 0.15) is 24.9 Å². The van der Waals surface area contributed by atoms with Crippen molar-refractivity contribution in [2.45, 2.75) is 19.4 Å².